The first kappa shape index (κ1) is 16.9. The summed E-state index contributed by atoms with van der Waals surface area (Å²) in [6.45, 7) is 4.33. The summed E-state index contributed by atoms with van der Waals surface area (Å²) in [4.78, 5) is 16.5. The molecule has 1 N–H and O–H groups in total. The van der Waals surface area contributed by atoms with E-state index < -0.39 is 6.09 Å². The SMILES string of the molecule is CNC(=O)Oc1ccc2c(c1)C1(C)CCN(Cc3ccccc3)C1N2C. The normalized spacial score (nSPS) is 24.3. The molecule has 0 radical (unpaired) electrons. The maximum atomic E-state index is 11.6. The Balaban J connectivity index is 1.63. The summed E-state index contributed by atoms with van der Waals surface area (Å²) in [5.41, 5.74) is 3.85. The number of fused-ring (bicyclic) bond motifs is 3. The summed E-state index contributed by atoms with van der Waals surface area (Å²) in [5.74, 6) is 0.597. The van der Waals surface area contributed by atoms with E-state index in [1.807, 2.05) is 12.1 Å². The largest absolute Gasteiger partial charge is 0.412 e. The van der Waals surface area contributed by atoms with Gasteiger partial charge >= 0.3 is 6.09 Å². The molecule has 5 nitrogen and oxygen atoms in total. The van der Waals surface area contributed by atoms with Crippen molar-refractivity contribution in [1.29, 1.82) is 0 Å². The highest BCUT2D eigenvalue weighted by molar-refractivity contribution is 5.72. The van der Waals surface area contributed by atoms with Gasteiger partial charge in [-0.25, -0.2) is 4.79 Å². The van der Waals surface area contributed by atoms with E-state index in [1.165, 1.54) is 16.8 Å². The standard InChI is InChI=1S/C21H25N3O2/c1-21-11-12-24(14-15-7-5-4-6-8-15)19(21)23(3)18-10-9-16(13-17(18)21)26-20(25)22-2/h4-10,13,19H,11-12,14H2,1-3H3,(H,22,25). The Hall–Kier alpha value is -2.53. The van der Waals surface area contributed by atoms with Gasteiger partial charge in [0.2, 0.25) is 0 Å². The van der Waals surface area contributed by atoms with Gasteiger partial charge in [-0.3, -0.25) is 4.90 Å². The van der Waals surface area contributed by atoms with Crippen LogP contribution in [0.2, 0.25) is 0 Å². The van der Waals surface area contributed by atoms with Gasteiger partial charge in [0, 0.05) is 38.3 Å². The van der Waals surface area contributed by atoms with Crippen molar-refractivity contribution in [2.75, 3.05) is 25.5 Å². The average molecular weight is 351 g/mol. The van der Waals surface area contributed by atoms with E-state index in [0.717, 1.165) is 19.5 Å². The smallest absolute Gasteiger partial charge is 0.410 e. The number of carbonyl (C=O) groups excluding carboxylic acids is 1. The number of nitrogens with zero attached hydrogens (tertiary/aromatic N) is 2. The molecule has 2 aliphatic rings. The Labute approximate surface area is 154 Å². The summed E-state index contributed by atoms with van der Waals surface area (Å²) in [5, 5.41) is 2.50. The predicted octanol–water partition coefficient (Wildman–Crippen LogP) is 3.34. The molecule has 2 heterocycles. The van der Waals surface area contributed by atoms with E-state index in [4.69, 9.17) is 4.74 Å². The van der Waals surface area contributed by atoms with Crippen molar-refractivity contribution in [3.05, 3.63) is 59.7 Å². The van der Waals surface area contributed by atoms with Gasteiger partial charge in [0.1, 0.15) is 5.75 Å². The lowest BCUT2D eigenvalue weighted by atomic mass is 9.81. The van der Waals surface area contributed by atoms with Crippen molar-refractivity contribution in [3.63, 3.8) is 0 Å². The maximum absolute atomic E-state index is 11.6. The molecule has 0 aliphatic carbocycles. The molecule has 4 rings (SSSR count). The minimum atomic E-state index is -0.435. The molecule has 26 heavy (non-hydrogen) atoms. The minimum absolute atomic E-state index is 0.0287. The van der Waals surface area contributed by atoms with Gasteiger partial charge in [0.05, 0.1) is 6.17 Å². The fourth-order valence-electron chi connectivity index (χ4n) is 4.59. The second-order valence-electron chi connectivity index (χ2n) is 7.43. The van der Waals surface area contributed by atoms with Gasteiger partial charge in [-0.05, 0) is 35.7 Å². The molecule has 2 aromatic carbocycles. The summed E-state index contributed by atoms with van der Waals surface area (Å²) >= 11 is 0. The highest BCUT2D eigenvalue weighted by Crippen LogP contribution is 2.52. The van der Waals surface area contributed by atoms with Crippen LogP contribution < -0.4 is 15.0 Å². The van der Waals surface area contributed by atoms with Crippen LogP contribution in [-0.2, 0) is 12.0 Å². The molecule has 0 saturated carbocycles. The number of ether oxygens (including phenoxy) is 1. The van der Waals surface area contributed by atoms with Crippen molar-refractivity contribution in [1.82, 2.24) is 10.2 Å². The van der Waals surface area contributed by atoms with Crippen LogP contribution in [0, 0.1) is 0 Å². The third kappa shape index (κ3) is 2.63. The number of carbonyl (C=O) groups is 1. The van der Waals surface area contributed by atoms with Gasteiger partial charge in [0.25, 0.3) is 0 Å². The Morgan fingerprint density at radius 1 is 1.27 bits per heavy atom. The van der Waals surface area contributed by atoms with Crippen molar-refractivity contribution in [2.24, 2.45) is 0 Å². The van der Waals surface area contributed by atoms with E-state index in [1.54, 1.807) is 7.05 Å². The van der Waals surface area contributed by atoms with Gasteiger partial charge in [-0.15, -0.1) is 0 Å². The van der Waals surface area contributed by atoms with Crippen molar-refractivity contribution >= 4 is 11.8 Å². The number of hydrogen-bond donors (Lipinski definition) is 1. The van der Waals surface area contributed by atoms with E-state index >= 15 is 0 Å². The molecule has 5 heteroatoms. The second-order valence-corrected chi connectivity index (χ2v) is 7.43. The molecule has 0 aromatic heterocycles. The minimum Gasteiger partial charge on any atom is -0.410 e. The molecule has 2 unspecified atom stereocenters. The number of benzene rings is 2. The van der Waals surface area contributed by atoms with E-state index in [0.29, 0.717) is 11.9 Å². The molecule has 2 atom stereocenters. The molecule has 0 spiro atoms. The number of amides is 1. The molecule has 136 valence electrons. The number of rotatable bonds is 3. The number of anilines is 1. The number of hydrogen-bond acceptors (Lipinski definition) is 4. The summed E-state index contributed by atoms with van der Waals surface area (Å²) < 4.78 is 5.36. The predicted molar refractivity (Wildman–Crippen MR) is 103 cm³/mol. The van der Waals surface area contributed by atoms with Gasteiger partial charge in [-0.2, -0.15) is 0 Å². The first-order chi connectivity index (χ1) is 12.5. The molecular weight excluding hydrogens is 326 g/mol. The van der Waals surface area contributed by atoms with Crippen molar-refractivity contribution in [3.8, 4) is 5.75 Å². The van der Waals surface area contributed by atoms with Gasteiger partial charge in [0.15, 0.2) is 0 Å². The van der Waals surface area contributed by atoms with Crippen LogP contribution in [-0.4, -0.2) is 37.8 Å². The van der Waals surface area contributed by atoms with Crippen molar-refractivity contribution < 1.29 is 9.53 Å². The number of likely N-dealkylation sites (N-methyl/N-ethyl adjacent to an activating group) is 1. The van der Waals surface area contributed by atoms with Crippen LogP contribution >= 0.6 is 0 Å². The first-order valence-corrected chi connectivity index (χ1v) is 9.08. The zero-order valence-electron chi connectivity index (χ0n) is 15.5. The summed E-state index contributed by atoms with van der Waals surface area (Å²) in [7, 11) is 3.73. The Morgan fingerprint density at radius 3 is 2.77 bits per heavy atom. The van der Waals surface area contributed by atoms with Gasteiger partial charge in [-0.1, -0.05) is 37.3 Å². The van der Waals surface area contributed by atoms with Crippen molar-refractivity contribution in [2.45, 2.75) is 31.5 Å². The highest BCUT2D eigenvalue weighted by Gasteiger charge is 2.53. The lowest BCUT2D eigenvalue weighted by Gasteiger charge is -2.34. The topological polar surface area (TPSA) is 44.8 Å². The third-order valence-corrected chi connectivity index (χ3v) is 5.81. The molecule has 1 fully saturated rings. The van der Waals surface area contributed by atoms with Crippen LogP contribution in [0.15, 0.2) is 48.5 Å². The van der Waals surface area contributed by atoms with E-state index in [-0.39, 0.29) is 5.41 Å². The summed E-state index contributed by atoms with van der Waals surface area (Å²) in [6, 6.07) is 16.6. The fraction of sp³-hybridized carbons (Fsp3) is 0.381. The van der Waals surface area contributed by atoms with Crippen LogP contribution in [0.4, 0.5) is 10.5 Å². The Morgan fingerprint density at radius 2 is 2.04 bits per heavy atom. The molecule has 1 saturated heterocycles. The first-order valence-electron chi connectivity index (χ1n) is 9.08. The molecule has 1 amide bonds. The fourth-order valence-corrected chi connectivity index (χ4v) is 4.59. The van der Waals surface area contributed by atoms with Crippen LogP contribution in [0.1, 0.15) is 24.5 Å². The van der Waals surface area contributed by atoms with Crippen LogP contribution in [0.25, 0.3) is 0 Å². The quantitative estimate of drug-likeness (QED) is 0.921. The highest BCUT2D eigenvalue weighted by atomic mass is 16.5. The van der Waals surface area contributed by atoms with E-state index in [9.17, 15) is 4.79 Å². The Kier molecular flexibility index (Phi) is 4.11. The zero-order valence-corrected chi connectivity index (χ0v) is 15.5. The molecule has 2 aliphatic heterocycles. The van der Waals surface area contributed by atoms with E-state index in [2.05, 4.69) is 65.5 Å². The maximum Gasteiger partial charge on any atom is 0.412 e. The number of likely N-dealkylation sites (tertiary alicyclic amines) is 1. The third-order valence-electron chi connectivity index (χ3n) is 5.81. The van der Waals surface area contributed by atoms with Gasteiger partial charge < -0.3 is 15.0 Å². The zero-order chi connectivity index (χ0) is 18.3. The second kappa shape index (κ2) is 6.32. The monoisotopic (exact) mass is 351 g/mol. The Bertz CT molecular complexity index is 823. The average Bonchev–Trinajstić information content (AvgIpc) is 3.09. The number of nitrogens with one attached hydrogen (secondary N) is 1. The van der Waals surface area contributed by atoms with Crippen LogP contribution in [0.3, 0.4) is 0 Å². The lowest BCUT2D eigenvalue weighted by Crippen LogP contribution is -2.46. The molecule has 0 bridgehead atoms. The molecule has 2 aromatic rings. The van der Waals surface area contributed by atoms with Crippen LogP contribution in [0.5, 0.6) is 5.75 Å². The molecular formula is C21H25N3O2. The lowest BCUT2D eigenvalue weighted by molar-refractivity contribution is 0.202. The summed E-state index contributed by atoms with van der Waals surface area (Å²) in [6.07, 6.45) is 0.966.